The highest BCUT2D eigenvalue weighted by Crippen LogP contribution is 2.38. The van der Waals surface area contributed by atoms with Crippen molar-refractivity contribution in [2.24, 2.45) is 0 Å². The van der Waals surface area contributed by atoms with E-state index in [2.05, 4.69) is 10.1 Å². The molecule has 2 rings (SSSR count). The molecule has 1 spiro atoms. The van der Waals surface area contributed by atoms with Gasteiger partial charge >= 0.3 is 6.36 Å². The molecule has 1 heterocycles. The molecule has 2 fully saturated rings. The Labute approximate surface area is 98.1 Å². The van der Waals surface area contributed by atoms with Crippen molar-refractivity contribution in [2.45, 2.75) is 37.3 Å². The first-order chi connectivity index (χ1) is 6.99. The highest BCUT2D eigenvalue weighted by Gasteiger charge is 2.45. The quantitative estimate of drug-likeness (QED) is 0.782. The third kappa shape index (κ3) is 3.48. The number of halogens is 4. The zero-order valence-corrected chi connectivity index (χ0v) is 9.50. The molecule has 1 N–H and O–H groups in total. The van der Waals surface area contributed by atoms with Crippen molar-refractivity contribution in [3.8, 4) is 0 Å². The van der Waals surface area contributed by atoms with E-state index in [1.807, 2.05) is 0 Å². The average molecular weight is 262 g/mol. The fourth-order valence-electron chi connectivity index (χ4n) is 2.33. The summed E-state index contributed by atoms with van der Waals surface area (Å²) in [7, 11) is 0. The smallest absolute Gasteiger partial charge is 0.372 e. The highest BCUT2D eigenvalue weighted by molar-refractivity contribution is 5.85. The summed E-state index contributed by atoms with van der Waals surface area (Å²) in [5.41, 5.74) is -0.422. The average Bonchev–Trinajstić information content (AvgIpc) is 2.47. The molecule has 2 unspecified atom stereocenters. The summed E-state index contributed by atoms with van der Waals surface area (Å²) in [6.45, 7) is 1.97. The van der Waals surface area contributed by atoms with E-state index in [1.165, 1.54) is 0 Å². The summed E-state index contributed by atoms with van der Waals surface area (Å²) in [5.74, 6) is 0. The van der Waals surface area contributed by atoms with Crippen LogP contribution in [0, 0.1) is 0 Å². The normalized spacial score (nSPS) is 35.1. The third-order valence-electron chi connectivity index (χ3n) is 2.96. The van der Waals surface area contributed by atoms with Gasteiger partial charge in [-0.25, -0.2) is 0 Å². The van der Waals surface area contributed by atoms with Gasteiger partial charge in [-0.2, -0.15) is 0 Å². The van der Waals surface area contributed by atoms with Gasteiger partial charge in [0.25, 0.3) is 0 Å². The minimum Gasteiger partial charge on any atom is -0.372 e. The number of morpholine rings is 1. The molecule has 1 aliphatic carbocycles. The van der Waals surface area contributed by atoms with Crippen LogP contribution in [0.3, 0.4) is 0 Å². The Morgan fingerprint density at radius 2 is 2.12 bits per heavy atom. The summed E-state index contributed by atoms with van der Waals surface area (Å²) in [6.07, 6.45) is -3.88. The lowest BCUT2D eigenvalue weighted by molar-refractivity contribution is -0.342. The number of rotatable bonds is 1. The van der Waals surface area contributed by atoms with Gasteiger partial charge in [0.05, 0.1) is 18.3 Å². The maximum absolute atomic E-state index is 12.0. The van der Waals surface area contributed by atoms with Gasteiger partial charge in [0.1, 0.15) is 0 Å². The number of hydrogen-bond acceptors (Lipinski definition) is 3. The number of nitrogens with one attached hydrogen (secondary N) is 1. The predicted molar refractivity (Wildman–Crippen MR) is 53.6 cm³/mol. The van der Waals surface area contributed by atoms with Gasteiger partial charge in [0.2, 0.25) is 0 Å². The number of alkyl halides is 3. The largest absolute Gasteiger partial charge is 0.522 e. The minimum atomic E-state index is -4.53. The molecule has 1 aliphatic heterocycles. The first-order valence-electron chi connectivity index (χ1n) is 5.08. The maximum Gasteiger partial charge on any atom is 0.522 e. The van der Waals surface area contributed by atoms with Crippen LogP contribution in [0.2, 0.25) is 0 Å². The van der Waals surface area contributed by atoms with Crippen LogP contribution in [0.5, 0.6) is 0 Å². The molecular formula is C9H15ClF3NO2. The van der Waals surface area contributed by atoms with Crippen molar-refractivity contribution in [1.29, 1.82) is 0 Å². The monoisotopic (exact) mass is 261 g/mol. The summed E-state index contributed by atoms with van der Waals surface area (Å²) < 4.78 is 45.5. The molecule has 1 saturated carbocycles. The Bertz CT molecular complexity index is 231. The van der Waals surface area contributed by atoms with E-state index < -0.39 is 18.1 Å². The van der Waals surface area contributed by atoms with Crippen LogP contribution in [-0.4, -0.2) is 37.8 Å². The molecule has 2 atom stereocenters. The summed E-state index contributed by atoms with van der Waals surface area (Å²) in [4.78, 5) is 0. The lowest BCUT2D eigenvalue weighted by atomic mass is 10.0. The first kappa shape index (κ1) is 14.0. The van der Waals surface area contributed by atoms with Crippen LogP contribution in [0.1, 0.15) is 19.3 Å². The van der Waals surface area contributed by atoms with Crippen molar-refractivity contribution in [2.75, 3.05) is 19.7 Å². The molecule has 1 saturated heterocycles. The van der Waals surface area contributed by atoms with E-state index in [1.54, 1.807) is 0 Å². The zero-order chi connectivity index (χ0) is 10.9. The molecule has 2 aliphatic rings. The first-order valence-corrected chi connectivity index (χ1v) is 5.08. The second-order valence-electron chi connectivity index (χ2n) is 4.14. The van der Waals surface area contributed by atoms with Gasteiger partial charge in [-0.3, -0.25) is 4.74 Å². The molecule has 7 heteroatoms. The van der Waals surface area contributed by atoms with Gasteiger partial charge in [0.15, 0.2) is 0 Å². The Morgan fingerprint density at radius 3 is 2.69 bits per heavy atom. The second-order valence-corrected chi connectivity index (χ2v) is 4.14. The van der Waals surface area contributed by atoms with E-state index in [-0.39, 0.29) is 12.4 Å². The summed E-state index contributed by atoms with van der Waals surface area (Å²) in [6, 6.07) is 0. The Hall–Kier alpha value is -0.0400. The topological polar surface area (TPSA) is 30.5 Å². The van der Waals surface area contributed by atoms with Crippen LogP contribution in [-0.2, 0) is 9.47 Å². The summed E-state index contributed by atoms with van der Waals surface area (Å²) in [5, 5.41) is 3.14. The van der Waals surface area contributed by atoms with E-state index in [0.717, 1.165) is 6.54 Å². The SMILES string of the molecule is Cl.FC(F)(F)OC1CCC2(CNCCO2)C1. The molecule has 0 radical (unpaired) electrons. The molecule has 0 bridgehead atoms. The maximum atomic E-state index is 12.0. The number of hydrogen-bond donors (Lipinski definition) is 1. The van der Waals surface area contributed by atoms with E-state index >= 15 is 0 Å². The van der Waals surface area contributed by atoms with Crippen molar-refractivity contribution in [3.05, 3.63) is 0 Å². The van der Waals surface area contributed by atoms with Crippen molar-refractivity contribution >= 4 is 12.4 Å². The third-order valence-corrected chi connectivity index (χ3v) is 2.96. The Kier molecular flexibility index (Phi) is 4.45. The highest BCUT2D eigenvalue weighted by atomic mass is 35.5. The summed E-state index contributed by atoms with van der Waals surface area (Å²) >= 11 is 0. The van der Waals surface area contributed by atoms with Crippen molar-refractivity contribution in [3.63, 3.8) is 0 Å². The Morgan fingerprint density at radius 1 is 1.38 bits per heavy atom. The molecule has 3 nitrogen and oxygen atoms in total. The fraction of sp³-hybridized carbons (Fsp3) is 1.00. The van der Waals surface area contributed by atoms with Crippen LogP contribution < -0.4 is 5.32 Å². The zero-order valence-electron chi connectivity index (χ0n) is 8.68. The van der Waals surface area contributed by atoms with Gasteiger partial charge in [-0.05, 0) is 12.8 Å². The van der Waals surface area contributed by atoms with Crippen LogP contribution in [0.25, 0.3) is 0 Å². The molecule has 0 aromatic rings. The van der Waals surface area contributed by atoms with E-state index in [4.69, 9.17) is 4.74 Å². The second kappa shape index (κ2) is 5.08. The molecule has 0 amide bonds. The molecule has 16 heavy (non-hydrogen) atoms. The van der Waals surface area contributed by atoms with Crippen molar-refractivity contribution in [1.82, 2.24) is 5.32 Å². The van der Waals surface area contributed by atoms with Crippen molar-refractivity contribution < 1.29 is 22.6 Å². The predicted octanol–water partition coefficient (Wildman–Crippen LogP) is 1.86. The number of ether oxygens (including phenoxy) is 2. The van der Waals surface area contributed by atoms with Crippen LogP contribution in [0.4, 0.5) is 13.2 Å². The lowest BCUT2D eigenvalue weighted by Crippen LogP contribution is -2.48. The van der Waals surface area contributed by atoms with Gasteiger partial charge in [-0.1, -0.05) is 0 Å². The fourth-order valence-corrected chi connectivity index (χ4v) is 2.33. The van der Waals surface area contributed by atoms with E-state index in [9.17, 15) is 13.2 Å². The van der Waals surface area contributed by atoms with Crippen LogP contribution in [0.15, 0.2) is 0 Å². The standard InChI is InChI=1S/C9H14F3NO2.ClH/c10-9(11,12)15-7-1-2-8(5-7)6-13-3-4-14-8;/h7,13H,1-6H2;1H. The van der Waals surface area contributed by atoms with Gasteiger partial charge in [0, 0.05) is 19.5 Å². The molecule has 0 aromatic carbocycles. The lowest BCUT2D eigenvalue weighted by Gasteiger charge is -2.34. The minimum absolute atomic E-state index is 0. The Balaban J connectivity index is 0.00000128. The van der Waals surface area contributed by atoms with E-state index in [0.29, 0.717) is 32.4 Å². The van der Waals surface area contributed by atoms with Gasteiger partial charge < -0.3 is 10.1 Å². The molecule has 0 aromatic heterocycles. The van der Waals surface area contributed by atoms with Crippen LogP contribution >= 0.6 is 12.4 Å². The van der Waals surface area contributed by atoms with Gasteiger partial charge in [-0.15, -0.1) is 25.6 Å². The molecule has 96 valence electrons. The molecular weight excluding hydrogens is 247 g/mol.